The molecule has 0 atom stereocenters. The number of rotatable bonds is 7. The summed E-state index contributed by atoms with van der Waals surface area (Å²) >= 11 is 0. The zero-order valence-electron chi connectivity index (χ0n) is 15.5. The van der Waals surface area contributed by atoms with E-state index in [4.69, 9.17) is 9.47 Å². The molecule has 0 unspecified atom stereocenters. The molecule has 0 saturated carbocycles. The molecule has 8 nitrogen and oxygen atoms in total. The molecule has 0 bridgehead atoms. The highest BCUT2D eigenvalue weighted by atomic mass is 32.2. The summed E-state index contributed by atoms with van der Waals surface area (Å²) in [5, 5.41) is 0. The molecule has 2 aromatic rings. The lowest BCUT2D eigenvalue weighted by molar-refractivity contribution is 0.146. The Morgan fingerprint density at radius 3 is 2.52 bits per heavy atom. The van der Waals surface area contributed by atoms with Gasteiger partial charge in [0, 0.05) is 45.7 Å². The lowest BCUT2D eigenvalue weighted by Gasteiger charge is -2.34. The summed E-state index contributed by atoms with van der Waals surface area (Å²) in [7, 11) is -1.93. The van der Waals surface area contributed by atoms with E-state index in [-0.39, 0.29) is 4.90 Å². The van der Waals surface area contributed by atoms with Crippen molar-refractivity contribution in [2.75, 3.05) is 51.4 Å². The van der Waals surface area contributed by atoms with Gasteiger partial charge in [-0.05, 0) is 30.7 Å². The Hall–Kier alpha value is -2.23. The van der Waals surface area contributed by atoms with Gasteiger partial charge in [-0.3, -0.25) is 4.98 Å². The minimum Gasteiger partial charge on any atom is -0.491 e. The summed E-state index contributed by atoms with van der Waals surface area (Å²) in [5.74, 6) is 1.43. The molecule has 0 spiro atoms. The number of nitrogens with zero attached hydrogens (tertiary/aromatic N) is 4. The van der Waals surface area contributed by atoms with Crippen LogP contribution >= 0.6 is 0 Å². The lowest BCUT2D eigenvalue weighted by atomic mass is 10.2. The van der Waals surface area contributed by atoms with E-state index < -0.39 is 10.0 Å². The number of hydrogen-bond acceptors (Lipinski definition) is 7. The summed E-state index contributed by atoms with van der Waals surface area (Å²) in [5.41, 5.74) is 0.783. The van der Waals surface area contributed by atoms with Crippen molar-refractivity contribution in [2.24, 2.45) is 0 Å². The molecule has 0 radical (unpaired) electrons. The highest BCUT2D eigenvalue weighted by molar-refractivity contribution is 7.89. The summed E-state index contributed by atoms with van der Waals surface area (Å²) in [6.07, 6.45) is 4.95. The second-order valence-electron chi connectivity index (χ2n) is 6.22. The summed E-state index contributed by atoms with van der Waals surface area (Å²) in [6, 6.07) is 4.96. The monoisotopic (exact) mass is 392 g/mol. The van der Waals surface area contributed by atoms with Crippen LogP contribution in [0.4, 0.5) is 5.82 Å². The van der Waals surface area contributed by atoms with Crippen LogP contribution in [-0.2, 0) is 14.8 Å². The molecule has 1 fully saturated rings. The predicted octanol–water partition coefficient (Wildman–Crippen LogP) is 1.32. The van der Waals surface area contributed by atoms with Crippen molar-refractivity contribution < 1.29 is 17.9 Å². The normalized spacial score (nSPS) is 15.7. The molecule has 27 heavy (non-hydrogen) atoms. The number of piperazine rings is 1. The van der Waals surface area contributed by atoms with E-state index in [0.29, 0.717) is 45.1 Å². The molecular formula is C18H24N4O4S. The van der Waals surface area contributed by atoms with Crippen molar-refractivity contribution in [3.63, 3.8) is 0 Å². The zero-order chi connectivity index (χ0) is 19.3. The van der Waals surface area contributed by atoms with E-state index in [0.717, 1.165) is 11.4 Å². The molecule has 1 aromatic heterocycles. The first-order chi connectivity index (χ1) is 13.0. The molecule has 0 amide bonds. The Bertz CT molecular complexity index is 853. The minimum absolute atomic E-state index is 0.284. The van der Waals surface area contributed by atoms with E-state index in [2.05, 4.69) is 9.97 Å². The largest absolute Gasteiger partial charge is 0.491 e. The van der Waals surface area contributed by atoms with Crippen LogP contribution in [0.3, 0.4) is 0 Å². The topological polar surface area (TPSA) is 84.9 Å². The quantitative estimate of drug-likeness (QED) is 0.657. The maximum Gasteiger partial charge on any atom is 0.243 e. The molecule has 1 aliphatic heterocycles. The van der Waals surface area contributed by atoms with Gasteiger partial charge in [-0.15, -0.1) is 0 Å². The van der Waals surface area contributed by atoms with Crippen molar-refractivity contribution in [2.45, 2.75) is 11.8 Å². The maximum absolute atomic E-state index is 13.0. The average molecular weight is 392 g/mol. The summed E-state index contributed by atoms with van der Waals surface area (Å²) in [4.78, 5) is 10.7. The molecule has 0 aliphatic carbocycles. The number of anilines is 1. The fraction of sp³-hybridized carbons (Fsp3) is 0.444. The lowest BCUT2D eigenvalue weighted by Crippen LogP contribution is -2.48. The summed E-state index contributed by atoms with van der Waals surface area (Å²) in [6.45, 7) is 4.72. The van der Waals surface area contributed by atoms with Gasteiger partial charge in [0.1, 0.15) is 18.2 Å². The van der Waals surface area contributed by atoms with E-state index >= 15 is 0 Å². The van der Waals surface area contributed by atoms with Crippen molar-refractivity contribution in [3.8, 4) is 5.75 Å². The molecule has 2 heterocycles. The first-order valence-electron chi connectivity index (χ1n) is 8.76. The van der Waals surface area contributed by atoms with Gasteiger partial charge in [0.25, 0.3) is 0 Å². The Kier molecular flexibility index (Phi) is 6.25. The molecule has 146 valence electrons. The molecule has 9 heteroatoms. The van der Waals surface area contributed by atoms with Gasteiger partial charge in [0.05, 0.1) is 17.7 Å². The Morgan fingerprint density at radius 1 is 1.11 bits per heavy atom. The molecule has 1 aromatic carbocycles. The molecular weight excluding hydrogens is 368 g/mol. The van der Waals surface area contributed by atoms with Gasteiger partial charge >= 0.3 is 0 Å². The van der Waals surface area contributed by atoms with E-state index in [1.807, 2.05) is 11.8 Å². The summed E-state index contributed by atoms with van der Waals surface area (Å²) < 4.78 is 38.0. The van der Waals surface area contributed by atoms with Crippen LogP contribution in [0.5, 0.6) is 5.75 Å². The number of aryl methyl sites for hydroxylation is 1. The van der Waals surface area contributed by atoms with Crippen LogP contribution in [0, 0.1) is 6.92 Å². The number of ether oxygens (including phenoxy) is 2. The SMILES string of the molecule is COCCOc1ccc(S(=O)(=O)N2CCN(c3cnccn3)CC2)cc1C. The van der Waals surface area contributed by atoms with Crippen molar-refractivity contribution >= 4 is 15.8 Å². The molecule has 3 rings (SSSR count). The molecule has 1 aliphatic rings. The third kappa shape index (κ3) is 4.55. The molecule has 0 N–H and O–H groups in total. The van der Waals surface area contributed by atoms with Crippen molar-refractivity contribution in [1.29, 1.82) is 0 Å². The van der Waals surface area contributed by atoms with Crippen LogP contribution in [0.1, 0.15) is 5.56 Å². The maximum atomic E-state index is 13.0. The number of methoxy groups -OCH3 is 1. The van der Waals surface area contributed by atoms with E-state index in [1.54, 1.807) is 43.9 Å². The van der Waals surface area contributed by atoms with Crippen molar-refractivity contribution in [3.05, 3.63) is 42.4 Å². The Labute approximate surface area is 159 Å². The number of hydrogen-bond donors (Lipinski definition) is 0. The van der Waals surface area contributed by atoms with Crippen LogP contribution < -0.4 is 9.64 Å². The Balaban J connectivity index is 1.67. The minimum atomic E-state index is -3.54. The van der Waals surface area contributed by atoms with Gasteiger partial charge in [-0.2, -0.15) is 4.31 Å². The predicted molar refractivity (Wildman–Crippen MR) is 102 cm³/mol. The Morgan fingerprint density at radius 2 is 1.89 bits per heavy atom. The van der Waals surface area contributed by atoms with Crippen LogP contribution in [0.15, 0.2) is 41.7 Å². The van der Waals surface area contributed by atoms with Crippen molar-refractivity contribution in [1.82, 2.24) is 14.3 Å². The van der Waals surface area contributed by atoms with Gasteiger partial charge in [-0.25, -0.2) is 13.4 Å². The second-order valence-corrected chi connectivity index (χ2v) is 8.16. The highest BCUT2D eigenvalue weighted by Gasteiger charge is 2.29. The first-order valence-corrected chi connectivity index (χ1v) is 10.2. The van der Waals surface area contributed by atoms with Gasteiger partial charge in [0.15, 0.2) is 0 Å². The fourth-order valence-corrected chi connectivity index (χ4v) is 4.45. The van der Waals surface area contributed by atoms with Gasteiger partial charge < -0.3 is 14.4 Å². The number of aromatic nitrogens is 2. The second kappa shape index (κ2) is 8.64. The number of sulfonamides is 1. The van der Waals surface area contributed by atoms with Crippen LogP contribution in [-0.4, -0.2) is 69.2 Å². The fourth-order valence-electron chi connectivity index (χ4n) is 2.94. The van der Waals surface area contributed by atoms with Crippen LogP contribution in [0.2, 0.25) is 0 Å². The zero-order valence-corrected chi connectivity index (χ0v) is 16.4. The van der Waals surface area contributed by atoms with Gasteiger partial charge in [-0.1, -0.05) is 0 Å². The van der Waals surface area contributed by atoms with Gasteiger partial charge in [0.2, 0.25) is 10.0 Å². The van der Waals surface area contributed by atoms with Crippen LogP contribution in [0.25, 0.3) is 0 Å². The standard InChI is InChI=1S/C18H24N4O4S/c1-15-13-16(3-4-17(15)26-12-11-25-2)27(23,24)22-9-7-21(8-10-22)18-14-19-5-6-20-18/h3-6,13-14H,7-12H2,1-2H3. The first kappa shape index (κ1) is 19.5. The van der Waals surface area contributed by atoms with E-state index in [9.17, 15) is 8.42 Å². The smallest absolute Gasteiger partial charge is 0.243 e. The average Bonchev–Trinajstić information content (AvgIpc) is 2.70. The molecule has 1 saturated heterocycles. The highest BCUT2D eigenvalue weighted by Crippen LogP contribution is 2.25. The van der Waals surface area contributed by atoms with E-state index in [1.165, 1.54) is 4.31 Å². The third-order valence-electron chi connectivity index (χ3n) is 4.44. The number of benzene rings is 1. The third-order valence-corrected chi connectivity index (χ3v) is 6.34.